The summed E-state index contributed by atoms with van der Waals surface area (Å²) >= 11 is 1.59. The van der Waals surface area contributed by atoms with Crippen molar-refractivity contribution in [2.75, 3.05) is 45.1 Å². The molecule has 1 unspecified atom stereocenters. The molecular formula is C26H27N5O3S. The molecule has 0 spiro atoms. The number of piperazine rings is 1. The highest BCUT2D eigenvalue weighted by molar-refractivity contribution is 7.21. The standard InChI is InChI=1S/C26H27N5O3S/c27-25-21(26-29-22-3-1-2-4-23(22)35-26)15-19(16-28-25)18-5-7-20(8-6-18)34-24(17-33)31-11-9-30(10-12-31)13-14-32/h1-8,15-17,24,32H,9-14H2,(H2,27,28). The van der Waals surface area contributed by atoms with E-state index in [0.717, 1.165) is 51.3 Å². The van der Waals surface area contributed by atoms with Gasteiger partial charge in [0.1, 0.15) is 16.6 Å². The second kappa shape index (κ2) is 10.5. The number of aromatic nitrogens is 2. The summed E-state index contributed by atoms with van der Waals surface area (Å²) in [6, 6.07) is 17.6. The number of nitrogens with two attached hydrogens (primary N) is 1. The molecule has 4 aromatic rings. The van der Waals surface area contributed by atoms with Crippen molar-refractivity contribution in [2.24, 2.45) is 0 Å². The Morgan fingerprint density at radius 1 is 1.09 bits per heavy atom. The van der Waals surface area contributed by atoms with Crippen LogP contribution in [-0.4, -0.2) is 76.7 Å². The van der Waals surface area contributed by atoms with Crippen molar-refractivity contribution in [1.29, 1.82) is 0 Å². The van der Waals surface area contributed by atoms with Crippen LogP contribution in [0.25, 0.3) is 31.9 Å². The van der Waals surface area contributed by atoms with Gasteiger partial charge in [-0.2, -0.15) is 0 Å². The Labute approximate surface area is 207 Å². The first-order valence-corrected chi connectivity index (χ1v) is 12.4. The Hall–Kier alpha value is -3.37. The molecule has 1 aliphatic heterocycles. The summed E-state index contributed by atoms with van der Waals surface area (Å²) in [7, 11) is 0. The first kappa shape index (κ1) is 23.4. The summed E-state index contributed by atoms with van der Waals surface area (Å²) in [6.45, 7) is 3.83. The van der Waals surface area contributed by atoms with E-state index in [1.165, 1.54) is 0 Å². The fourth-order valence-electron chi connectivity index (χ4n) is 4.23. The normalized spacial score (nSPS) is 15.8. The molecule has 8 nitrogen and oxygen atoms in total. The van der Waals surface area contributed by atoms with Crippen LogP contribution in [-0.2, 0) is 4.79 Å². The number of hydrogen-bond acceptors (Lipinski definition) is 9. The van der Waals surface area contributed by atoms with Gasteiger partial charge < -0.3 is 15.6 Å². The zero-order valence-electron chi connectivity index (χ0n) is 19.2. The molecule has 35 heavy (non-hydrogen) atoms. The van der Waals surface area contributed by atoms with E-state index < -0.39 is 6.23 Å². The summed E-state index contributed by atoms with van der Waals surface area (Å²) < 4.78 is 7.09. The maximum atomic E-state index is 11.7. The molecule has 0 radical (unpaired) electrons. The van der Waals surface area contributed by atoms with Crippen LogP contribution in [0.5, 0.6) is 5.75 Å². The lowest BCUT2D eigenvalue weighted by atomic mass is 10.1. The quantitative estimate of drug-likeness (QED) is 0.364. The fourth-order valence-corrected chi connectivity index (χ4v) is 5.22. The van der Waals surface area contributed by atoms with Crippen LogP contribution in [0.2, 0.25) is 0 Å². The zero-order valence-corrected chi connectivity index (χ0v) is 20.0. The van der Waals surface area contributed by atoms with E-state index in [-0.39, 0.29) is 6.61 Å². The summed E-state index contributed by atoms with van der Waals surface area (Å²) in [4.78, 5) is 25.0. The molecule has 1 atom stereocenters. The van der Waals surface area contributed by atoms with E-state index in [4.69, 9.17) is 20.6 Å². The number of benzene rings is 2. The number of carbonyl (C=O) groups is 1. The van der Waals surface area contributed by atoms with E-state index in [1.807, 2.05) is 59.5 Å². The number of carbonyl (C=O) groups excluding carboxylic acids is 1. The molecule has 3 N–H and O–H groups in total. The third kappa shape index (κ3) is 5.18. The van der Waals surface area contributed by atoms with Crippen LogP contribution >= 0.6 is 11.3 Å². The summed E-state index contributed by atoms with van der Waals surface area (Å²) in [5, 5.41) is 9.95. The van der Waals surface area contributed by atoms with Gasteiger partial charge in [-0.3, -0.25) is 14.6 Å². The molecule has 2 aromatic heterocycles. The van der Waals surface area contributed by atoms with Crippen molar-refractivity contribution in [3.05, 3.63) is 60.8 Å². The van der Waals surface area contributed by atoms with Crippen LogP contribution in [0.1, 0.15) is 0 Å². The molecule has 0 aliphatic carbocycles. The highest BCUT2D eigenvalue weighted by atomic mass is 32.1. The van der Waals surface area contributed by atoms with Gasteiger partial charge in [0.25, 0.3) is 0 Å². The lowest BCUT2D eigenvalue weighted by molar-refractivity contribution is -0.123. The summed E-state index contributed by atoms with van der Waals surface area (Å²) in [5.74, 6) is 1.07. The number of aliphatic hydroxyl groups excluding tert-OH is 1. The maximum absolute atomic E-state index is 11.7. The number of rotatable bonds is 8. The Morgan fingerprint density at radius 2 is 1.86 bits per heavy atom. The van der Waals surface area contributed by atoms with E-state index in [2.05, 4.69) is 9.88 Å². The second-order valence-corrected chi connectivity index (χ2v) is 9.44. The Kier molecular flexibility index (Phi) is 7.01. The molecule has 0 bridgehead atoms. The van der Waals surface area contributed by atoms with Gasteiger partial charge in [0.2, 0.25) is 6.23 Å². The van der Waals surface area contributed by atoms with Crippen molar-refractivity contribution in [3.8, 4) is 27.4 Å². The van der Waals surface area contributed by atoms with Crippen molar-refractivity contribution in [1.82, 2.24) is 19.8 Å². The minimum absolute atomic E-state index is 0.144. The number of para-hydroxylation sites is 1. The van der Waals surface area contributed by atoms with E-state index >= 15 is 0 Å². The largest absolute Gasteiger partial charge is 0.468 e. The van der Waals surface area contributed by atoms with E-state index in [1.54, 1.807) is 17.5 Å². The number of hydrogen-bond donors (Lipinski definition) is 2. The van der Waals surface area contributed by atoms with Crippen molar-refractivity contribution >= 4 is 33.7 Å². The Balaban J connectivity index is 1.30. The Bertz CT molecular complexity index is 1270. The lowest BCUT2D eigenvalue weighted by Crippen LogP contribution is -2.53. The lowest BCUT2D eigenvalue weighted by Gasteiger charge is -2.36. The number of fused-ring (bicyclic) bond motifs is 1. The van der Waals surface area contributed by atoms with Crippen LogP contribution in [0, 0.1) is 0 Å². The molecule has 5 rings (SSSR count). The molecule has 3 heterocycles. The van der Waals surface area contributed by atoms with Gasteiger partial charge in [-0.1, -0.05) is 24.3 Å². The van der Waals surface area contributed by atoms with Gasteiger partial charge in [-0.05, 0) is 35.9 Å². The Morgan fingerprint density at radius 3 is 2.57 bits per heavy atom. The smallest absolute Gasteiger partial charge is 0.209 e. The van der Waals surface area contributed by atoms with Crippen LogP contribution < -0.4 is 10.5 Å². The minimum Gasteiger partial charge on any atom is -0.468 e. The number of ether oxygens (including phenoxy) is 1. The SMILES string of the molecule is Nc1ncc(-c2ccc(OC(C=O)N3CCN(CCO)CC3)cc2)cc1-c1nc2ccccc2s1. The maximum Gasteiger partial charge on any atom is 0.209 e. The third-order valence-electron chi connectivity index (χ3n) is 6.19. The highest BCUT2D eigenvalue weighted by Crippen LogP contribution is 2.35. The molecule has 1 aliphatic rings. The third-order valence-corrected chi connectivity index (χ3v) is 7.26. The van der Waals surface area contributed by atoms with E-state index in [9.17, 15) is 4.79 Å². The van der Waals surface area contributed by atoms with Crippen molar-refractivity contribution in [3.63, 3.8) is 0 Å². The van der Waals surface area contributed by atoms with Crippen LogP contribution in [0.15, 0.2) is 60.8 Å². The summed E-state index contributed by atoms with van der Waals surface area (Å²) in [6.07, 6.45) is 1.95. The average Bonchev–Trinajstić information content (AvgIpc) is 3.33. The minimum atomic E-state index is -0.638. The van der Waals surface area contributed by atoms with Gasteiger partial charge >= 0.3 is 0 Å². The topological polar surface area (TPSA) is 105 Å². The van der Waals surface area contributed by atoms with Crippen LogP contribution in [0.4, 0.5) is 5.82 Å². The monoisotopic (exact) mass is 489 g/mol. The molecule has 1 fully saturated rings. The number of β-amino-alcohol motifs (C(OH)–C–C–N with tert-alkyl or cyclic N) is 1. The molecule has 0 saturated carbocycles. The van der Waals surface area contributed by atoms with Crippen LogP contribution in [0.3, 0.4) is 0 Å². The molecule has 2 aromatic carbocycles. The fraction of sp³-hybridized carbons (Fsp3) is 0.269. The van der Waals surface area contributed by atoms with Gasteiger partial charge in [0.15, 0.2) is 6.29 Å². The number of thiazole rings is 1. The number of pyridine rings is 1. The predicted octanol–water partition coefficient (Wildman–Crippen LogP) is 3.12. The van der Waals surface area contributed by atoms with Gasteiger partial charge in [-0.15, -0.1) is 11.3 Å². The number of nitrogen functional groups attached to an aromatic ring is 1. The van der Waals surface area contributed by atoms with Gasteiger partial charge in [0, 0.05) is 44.5 Å². The number of nitrogens with zero attached hydrogens (tertiary/aromatic N) is 4. The van der Waals surface area contributed by atoms with Gasteiger partial charge in [0.05, 0.1) is 22.4 Å². The molecule has 9 heteroatoms. The number of aldehydes is 1. The predicted molar refractivity (Wildman–Crippen MR) is 138 cm³/mol. The molecular weight excluding hydrogens is 462 g/mol. The first-order valence-electron chi connectivity index (χ1n) is 11.6. The molecule has 1 saturated heterocycles. The van der Waals surface area contributed by atoms with Gasteiger partial charge in [-0.25, -0.2) is 9.97 Å². The second-order valence-electron chi connectivity index (χ2n) is 8.41. The molecule has 180 valence electrons. The van der Waals surface area contributed by atoms with Crippen molar-refractivity contribution in [2.45, 2.75) is 6.23 Å². The average molecular weight is 490 g/mol. The van der Waals surface area contributed by atoms with Crippen molar-refractivity contribution < 1.29 is 14.6 Å². The zero-order chi connectivity index (χ0) is 24.2. The summed E-state index contributed by atoms with van der Waals surface area (Å²) in [5.41, 5.74) is 9.84. The number of anilines is 1. The van der Waals surface area contributed by atoms with E-state index in [0.29, 0.717) is 31.2 Å². The highest BCUT2D eigenvalue weighted by Gasteiger charge is 2.24. The number of aliphatic hydroxyl groups is 1. The first-order chi connectivity index (χ1) is 17.1. The molecule has 0 amide bonds.